The molecule has 0 fully saturated rings. The minimum Gasteiger partial charge on any atom is -0.496 e. The molecule has 0 saturated heterocycles. The van der Waals surface area contributed by atoms with E-state index in [1.807, 2.05) is 31.2 Å². The van der Waals surface area contributed by atoms with E-state index in [4.69, 9.17) is 4.74 Å². The Hall–Kier alpha value is -1.76. The monoisotopic (exact) mass is 197 g/mol. The van der Waals surface area contributed by atoms with Crippen LogP contribution in [0.1, 0.15) is 5.56 Å². The van der Waals surface area contributed by atoms with Gasteiger partial charge in [-0.1, -0.05) is 30.3 Å². The van der Waals surface area contributed by atoms with Crippen molar-refractivity contribution in [3.8, 4) is 16.9 Å². The molecule has 0 aromatic heterocycles. The molecule has 0 aliphatic rings. The van der Waals surface area contributed by atoms with Crippen LogP contribution in [0.25, 0.3) is 11.1 Å². The molecule has 75 valence electrons. The van der Waals surface area contributed by atoms with Crippen LogP contribution in [0.4, 0.5) is 0 Å². The Kier molecular flexibility index (Phi) is 2.72. The quantitative estimate of drug-likeness (QED) is 0.716. The Morgan fingerprint density at radius 2 is 2.00 bits per heavy atom. The van der Waals surface area contributed by atoms with Crippen molar-refractivity contribution in [3.63, 3.8) is 0 Å². The summed E-state index contributed by atoms with van der Waals surface area (Å²) in [6.45, 7) is 2.05. The molecule has 0 aliphatic heterocycles. The average molecular weight is 197 g/mol. The second kappa shape index (κ2) is 4.18. The van der Waals surface area contributed by atoms with Crippen LogP contribution in [-0.4, -0.2) is 7.11 Å². The van der Waals surface area contributed by atoms with E-state index in [-0.39, 0.29) is 0 Å². The van der Waals surface area contributed by atoms with E-state index in [1.165, 1.54) is 5.56 Å². The standard InChI is InChI=1S/C14H13O/c1-11-10-13(8-9-14(11)15-2)12-6-4-3-5-7-12/h3-6,8-10H,1-2H3. The molecule has 2 aromatic carbocycles. The largest absolute Gasteiger partial charge is 0.496 e. The van der Waals surface area contributed by atoms with Gasteiger partial charge in [0.25, 0.3) is 0 Å². The van der Waals surface area contributed by atoms with Gasteiger partial charge in [0.05, 0.1) is 7.11 Å². The summed E-state index contributed by atoms with van der Waals surface area (Å²) < 4.78 is 5.23. The zero-order valence-electron chi connectivity index (χ0n) is 8.95. The van der Waals surface area contributed by atoms with Crippen molar-refractivity contribution < 1.29 is 4.74 Å². The number of benzene rings is 2. The molecular formula is C14H13O. The fourth-order valence-corrected chi connectivity index (χ4v) is 1.62. The average Bonchev–Trinajstić information content (AvgIpc) is 2.30. The Bertz CT molecular complexity index is 446. The van der Waals surface area contributed by atoms with Gasteiger partial charge in [0.15, 0.2) is 0 Å². The molecule has 0 amide bonds. The molecule has 1 radical (unpaired) electrons. The Morgan fingerprint density at radius 1 is 1.13 bits per heavy atom. The van der Waals surface area contributed by atoms with E-state index in [1.54, 1.807) is 7.11 Å². The van der Waals surface area contributed by atoms with Gasteiger partial charge in [-0.3, -0.25) is 0 Å². The molecule has 0 unspecified atom stereocenters. The minimum absolute atomic E-state index is 0.926. The number of hydrogen-bond donors (Lipinski definition) is 0. The highest BCUT2D eigenvalue weighted by Gasteiger charge is 2.01. The van der Waals surface area contributed by atoms with Gasteiger partial charge in [-0.2, -0.15) is 0 Å². The van der Waals surface area contributed by atoms with Crippen LogP contribution in [0.5, 0.6) is 5.75 Å². The summed E-state index contributed by atoms with van der Waals surface area (Å²) >= 11 is 0. The van der Waals surface area contributed by atoms with Gasteiger partial charge >= 0.3 is 0 Å². The Balaban J connectivity index is 2.43. The van der Waals surface area contributed by atoms with Crippen LogP contribution >= 0.6 is 0 Å². The lowest BCUT2D eigenvalue weighted by Crippen LogP contribution is -1.87. The second-order valence-corrected chi connectivity index (χ2v) is 3.46. The number of methoxy groups -OCH3 is 1. The van der Waals surface area contributed by atoms with Crippen molar-refractivity contribution >= 4 is 0 Å². The molecule has 0 heterocycles. The van der Waals surface area contributed by atoms with Crippen molar-refractivity contribution in [1.82, 2.24) is 0 Å². The third kappa shape index (κ3) is 2.01. The van der Waals surface area contributed by atoms with E-state index in [0.29, 0.717) is 0 Å². The van der Waals surface area contributed by atoms with E-state index < -0.39 is 0 Å². The number of ether oxygens (including phenoxy) is 1. The van der Waals surface area contributed by atoms with E-state index in [2.05, 4.69) is 24.3 Å². The molecule has 0 spiro atoms. The van der Waals surface area contributed by atoms with E-state index >= 15 is 0 Å². The maximum atomic E-state index is 5.23. The molecule has 1 heteroatoms. The Morgan fingerprint density at radius 3 is 2.60 bits per heavy atom. The van der Waals surface area contributed by atoms with Gasteiger partial charge in [-0.05, 0) is 41.8 Å². The molecular weight excluding hydrogens is 184 g/mol. The van der Waals surface area contributed by atoms with E-state index in [9.17, 15) is 0 Å². The van der Waals surface area contributed by atoms with Crippen LogP contribution < -0.4 is 4.74 Å². The summed E-state index contributed by atoms with van der Waals surface area (Å²) in [6.07, 6.45) is 0. The molecule has 15 heavy (non-hydrogen) atoms. The van der Waals surface area contributed by atoms with Crippen molar-refractivity contribution in [3.05, 3.63) is 54.1 Å². The highest BCUT2D eigenvalue weighted by atomic mass is 16.5. The number of rotatable bonds is 2. The van der Waals surface area contributed by atoms with Crippen LogP contribution in [-0.2, 0) is 0 Å². The highest BCUT2D eigenvalue weighted by Crippen LogP contribution is 2.25. The first-order valence-electron chi connectivity index (χ1n) is 4.93. The summed E-state index contributed by atoms with van der Waals surface area (Å²) in [5.41, 5.74) is 3.43. The van der Waals surface area contributed by atoms with Crippen LogP contribution in [0.15, 0.2) is 42.5 Å². The van der Waals surface area contributed by atoms with Gasteiger partial charge in [0, 0.05) is 0 Å². The SMILES string of the molecule is COc1ccc(-c2[c]cccc2)cc1C. The molecule has 2 aromatic rings. The smallest absolute Gasteiger partial charge is 0.121 e. The lowest BCUT2D eigenvalue weighted by molar-refractivity contribution is 0.412. The lowest BCUT2D eigenvalue weighted by Gasteiger charge is -2.07. The molecule has 0 atom stereocenters. The lowest BCUT2D eigenvalue weighted by atomic mass is 10.0. The predicted octanol–water partition coefficient (Wildman–Crippen LogP) is 3.47. The van der Waals surface area contributed by atoms with Crippen molar-refractivity contribution in [2.24, 2.45) is 0 Å². The molecule has 1 nitrogen and oxygen atoms in total. The summed E-state index contributed by atoms with van der Waals surface area (Å²) in [6, 6.07) is 17.3. The first-order chi connectivity index (χ1) is 7.31. The topological polar surface area (TPSA) is 9.23 Å². The highest BCUT2D eigenvalue weighted by molar-refractivity contribution is 5.64. The summed E-state index contributed by atoms with van der Waals surface area (Å²) in [7, 11) is 1.69. The zero-order valence-corrected chi connectivity index (χ0v) is 8.95. The third-order valence-corrected chi connectivity index (χ3v) is 2.41. The van der Waals surface area contributed by atoms with Crippen LogP contribution in [0.3, 0.4) is 0 Å². The summed E-state index contributed by atoms with van der Waals surface area (Å²) in [5.74, 6) is 0.926. The molecule has 2 rings (SSSR count). The molecule has 0 bridgehead atoms. The molecule has 0 saturated carbocycles. The van der Waals surface area contributed by atoms with Gasteiger partial charge in [0.1, 0.15) is 5.75 Å². The number of hydrogen-bond acceptors (Lipinski definition) is 1. The van der Waals surface area contributed by atoms with Crippen molar-refractivity contribution in [2.75, 3.05) is 7.11 Å². The van der Waals surface area contributed by atoms with Crippen LogP contribution in [0.2, 0.25) is 0 Å². The zero-order chi connectivity index (χ0) is 10.7. The first kappa shape index (κ1) is 9.78. The van der Waals surface area contributed by atoms with E-state index in [0.717, 1.165) is 16.9 Å². The fraction of sp³-hybridized carbons (Fsp3) is 0.143. The van der Waals surface area contributed by atoms with Gasteiger partial charge in [-0.15, -0.1) is 0 Å². The maximum absolute atomic E-state index is 5.23. The normalized spacial score (nSPS) is 10.0. The molecule has 0 aliphatic carbocycles. The van der Waals surface area contributed by atoms with Gasteiger partial charge in [-0.25, -0.2) is 0 Å². The van der Waals surface area contributed by atoms with Gasteiger partial charge in [0.2, 0.25) is 0 Å². The first-order valence-corrected chi connectivity index (χ1v) is 4.93. The Labute approximate surface area is 90.3 Å². The minimum atomic E-state index is 0.926. The van der Waals surface area contributed by atoms with Gasteiger partial charge < -0.3 is 4.74 Å². The summed E-state index contributed by atoms with van der Waals surface area (Å²) in [4.78, 5) is 0. The second-order valence-electron chi connectivity index (χ2n) is 3.46. The number of aryl methyl sites for hydroxylation is 1. The fourth-order valence-electron chi connectivity index (χ4n) is 1.62. The van der Waals surface area contributed by atoms with Crippen LogP contribution in [0, 0.1) is 13.0 Å². The van der Waals surface area contributed by atoms with Crippen molar-refractivity contribution in [1.29, 1.82) is 0 Å². The third-order valence-electron chi connectivity index (χ3n) is 2.41. The predicted molar refractivity (Wildman–Crippen MR) is 62.0 cm³/mol. The van der Waals surface area contributed by atoms with Crippen molar-refractivity contribution in [2.45, 2.75) is 6.92 Å². The summed E-state index contributed by atoms with van der Waals surface area (Å²) in [5, 5.41) is 0. The molecule has 0 N–H and O–H groups in total. The maximum Gasteiger partial charge on any atom is 0.121 e.